The Bertz CT molecular complexity index is 298. The highest BCUT2D eigenvalue weighted by Crippen LogP contribution is 2.11. The highest BCUT2D eigenvalue weighted by molar-refractivity contribution is 14.0. The van der Waals surface area contributed by atoms with E-state index in [2.05, 4.69) is 34.8 Å². The van der Waals surface area contributed by atoms with Gasteiger partial charge in [-0.25, -0.2) is 0 Å². The lowest BCUT2D eigenvalue weighted by atomic mass is 9.96. The van der Waals surface area contributed by atoms with Crippen molar-refractivity contribution in [3.05, 3.63) is 0 Å². The van der Waals surface area contributed by atoms with Crippen LogP contribution in [0.15, 0.2) is 4.99 Å². The van der Waals surface area contributed by atoms with Gasteiger partial charge in [-0.1, -0.05) is 34.6 Å². The van der Waals surface area contributed by atoms with E-state index in [9.17, 15) is 4.79 Å². The van der Waals surface area contributed by atoms with Gasteiger partial charge in [0.2, 0.25) is 5.91 Å². The molecule has 0 unspecified atom stereocenters. The van der Waals surface area contributed by atoms with Crippen molar-refractivity contribution in [2.75, 3.05) is 26.2 Å². The molecule has 0 aliphatic rings. The SMILES string of the molecule is CCNC(=NCC(C)C)NCCNC(=O)C(C)(C)C.I. The monoisotopic (exact) mass is 398 g/mol. The van der Waals surface area contributed by atoms with Crippen LogP contribution >= 0.6 is 24.0 Å². The zero-order valence-corrected chi connectivity index (χ0v) is 16.0. The van der Waals surface area contributed by atoms with E-state index in [1.54, 1.807) is 0 Å². The van der Waals surface area contributed by atoms with E-state index < -0.39 is 0 Å². The second kappa shape index (κ2) is 11.2. The second-order valence-corrected chi connectivity index (χ2v) is 6.05. The molecule has 0 aliphatic heterocycles. The standard InChI is InChI=1S/C14H30N4O.HI/c1-7-15-13(18-10-11(2)3)17-9-8-16-12(19)14(4,5)6;/h11H,7-10H2,1-6H3,(H,16,19)(H2,15,17,18);1H. The van der Waals surface area contributed by atoms with Crippen LogP contribution in [0.4, 0.5) is 0 Å². The summed E-state index contributed by atoms with van der Waals surface area (Å²) < 4.78 is 0. The van der Waals surface area contributed by atoms with Gasteiger partial charge in [-0.05, 0) is 12.8 Å². The maximum absolute atomic E-state index is 11.7. The third-order valence-electron chi connectivity index (χ3n) is 2.34. The third-order valence-corrected chi connectivity index (χ3v) is 2.34. The van der Waals surface area contributed by atoms with Crippen molar-refractivity contribution in [2.24, 2.45) is 16.3 Å². The highest BCUT2D eigenvalue weighted by Gasteiger charge is 2.20. The number of hydrogen-bond acceptors (Lipinski definition) is 2. The summed E-state index contributed by atoms with van der Waals surface area (Å²) >= 11 is 0. The fourth-order valence-corrected chi connectivity index (χ4v) is 1.24. The lowest BCUT2D eigenvalue weighted by Crippen LogP contribution is -2.43. The molecule has 0 saturated heterocycles. The summed E-state index contributed by atoms with van der Waals surface area (Å²) in [4.78, 5) is 16.1. The minimum absolute atomic E-state index is 0. The third kappa shape index (κ3) is 11.3. The van der Waals surface area contributed by atoms with Crippen LogP contribution in [0.3, 0.4) is 0 Å². The Hall–Kier alpha value is -0.530. The quantitative estimate of drug-likeness (QED) is 0.278. The number of hydrogen-bond donors (Lipinski definition) is 3. The summed E-state index contributed by atoms with van der Waals surface area (Å²) in [6, 6.07) is 0. The summed E-state index contributed by atoms with van der Waals surface area (Å²) in [5.74, 6) is 1.41. The fourth-order valence-electron chi connectivity index (χ4n) is 1.24. The van der Waals surface area contributed by atoms with Crippen molar-refractivity contribution in [2.45, 2.75) is 41.5 Å². The number of halogens is 1. The van der Waals surface area contributed by atoms with Crippen LogP contribution in [0.5, 0.6) is 0 Å². The van der Waals surface area contributed by atoms with Crippen LogP contribution in [0.25, 0.3) is 0 Å². The van der Waals surface area contributed by atoms with Crippen molar-refractivity contribution >= 4 is 35.8 Å². The summed E-state index contributed by atoms with van der Waals surface area (Å²) in [7, 11) is 0. The first kappa shape index (κ1) is 21.8. The molecule has 0 atom stereocenters. The Morgan fingerprint density at radius 3 is 2.10 bits per heavy atom. The van der Waals surface area contributed by atoms with E-state index >= 15 is 0 Å². The first-order valence-corrected chi connectivity index (χ1v) is 7.07. The Balaban J connectivity index is 0. The van der Waals surface area contributed by atoms with Gasteiger partial charge < -0.3 is 16.0 Å². The van der Waals surface area contributed by atoms with Crippen LogP contribution < -0.4 is 16.0 Å². The molecular weight excluding hydrogens is 367 g/mol. The minimum atomic E-state index is -0.337. The van der Waals surface area contributed by atoms with E-state index in [0.717, 1.165) is 19.0 Å². The molecular formula is C14H31IN4O. The number of guanidine groups is 1. The topological polar surface area (TPSA) is 65.5 Å². The maximum atomic E-state index is 11.7. The van der Waals surface area contributed by atoms with Crippen LogP contribution in [0, 0.1) is 11.3 Å². The number of nitrogens with one attached hydrogen (secondary N) is 3. The van der Waals surface area contributed by atoms with E-state index in [-0.39, 0.29) is 35.3 Å². The molecule has 0 bridgehead atoms. The average Bonchev–Trinajstić information content (AvgIpc) is 2.29. The molecule has 0 aliphatic carbocycles. The van der Waals surface area contributed by atoms with Crippen LogP contribution in [-0.2, 0) is 4.79 Å². The Labute approximate surface area is 140 Å². The Kier molecular flexibility index (Phi) is 12.1. The van der Waals surface area contributed by atoms with E-state index in [1.165, 1.54) is 0 Å². The molecule has 0 aromatic rings. The minimum Gasteiger partial charge on any atom is -0.357 e. The van der Waals surface area contributed by atoms with Gasteiger partial charge in [0.25, 0.3) is 0 Å². The molecule has 0 radical (unpaired) electrons. The number of nitrogens with zero attached hydrogens (tertiary/aromatic N) is 1. The first-order chi connectivity index (χ1) is 8.77. The summed E-state index contributed by atoms with van der Waals surface area (Å²) in [5, 5.41) is 9.29. The summed E-state index contributed by atoms with van der Waals surface area (Å²) in [5.41, 5.74) is -0.337. The van der Waals surface area contributed by atoms with Crippen molar-refractivity contribution in [3.8, 4) is 0 Å². The molecule has 0 heterocycles. The molecule has 6 heteroatoms. The Morgan fingerprint density at radius 2 is 1.65 bits per heavy atom. The average molecular weight is 398 g/mol. The predicted octanol–water partition coefficient (Wildman–Crippen LogP) is 1.98. The predicted molar refractivity (Wildman–Crippen MR) is 96.7 cm³/mol. The summed E-state index contributed by atoms with van der Waals surface area (Å²) in [6.07, 6.45) is 0. The van der Waals surface area contributed by atoms with Crippen LogP contribution in [0.2, 0.25) is 0 Å². The maximum Gasteiger partial charge on any atom is 0.225 e. The van der Waals surface area contributed by atoms with E-state index in [4.69, 9.17) is 0 Å². The van der Waals surface area contributed by atoms with E-state index in [0.29, 0.717) is 19.0 Å². The summed E-state index contributed by atoms with van der Waals surface area (Å²) in [6.45, 7) is 14.9. The largest absolute Gasteiger partial charge is 0.357 e. The van der Waals surface area contributed by atoms with Crippen molar-refractivity contribution in [1.82, 2.24) is 16.0 Å². The smallest absolute Gasteiger partial charge is 0.225 e. The van der Waals surface area contributed by atoms with Crippen molar-refractivity contribution in [1.29, 1.82) is 0 Å². The molecule has 0 fully saturated rings. The van der Waals surface area contributed by atoms with Gasteiger partial charge >= 0.3 is 0 Å². The number of rotatable bonds is 6. The molecule has 0 spiro atoms. The molecule has 0 rings (SSSR count). The Morgan fingerprint density at radius 1 is 1.10 bits per heavy atom. The van der Waals surface area contributed by atoms with Gasteiger partial charge in [0.05, 0.1) is 0 Å². The number of aliphatic imine (C=N–C) groups is 1. The van der Waals surface area contributed by atoms with Gasteiger partial charge in [0.1, 0.15) is 0 Å². The zero-order chi connectivity index (χ0) is 14.9. The van der Waals surface area contributed by atoms with Crippen LogP contribution in [-0.4, -0.2) is 38.0 Å². The zero-order valence-electron chi connectivity index (χ0n) is 13.7. The van der Waals surface area contributed by atoms with Crippen molar-refractivity contribution in [3.63, 3.8) is 0 Å². The van der Waals surface area contributed by atoms with E-state index in [1.807, 2.05) is 27.7 Å². The van der Waals surface area contributed by atoms with Gasteiger partial charge in [-0.3, -0.25) is 9.79 Å². The molecule has 1 amide bonds. The highest BCUT2D eigenvalue weighted by atomic mass is 127. The fraction of sp³-hybridized carbons (Fsp3) is 0.857. The molecule has 0 saturated carbocycles. The van der Waals surface area contributed by atoms with Crippen molar-refractivity contribution < 1.29 is 4.79 Å². The van der Waals surface area contributed by atoms with Gasteiger partial charge in [-0.2, -0.15) is 0 Å². The molecule has 0 aromatic heterocycles. The second-order valence-electron chi connectivity index (χ2n) is 6.05. The van der Waals surface area contributed by atoms with Gasteiger partial charge in [0, 0.05) is 31.6 Å². The number of amides is 1. The first-order valence-electron chi connectivity index (χ1n) is 7.07. The van der Waals surface area contributed by atoms with Gasteiger partial charge in [0.15, 0.2) is 5.96 Å². The lowest BCUT2D eigenvalue weighted by molar-refractivity contribution is -0.128. The normalized spacial score (nSPS) is 11.8. The molecule has 20 heavy (non-hydrogen) atoms. The lowest BCUT2D eigenvalue weighted by Gasteiger charge is -2.18. The van der Waals surface area contributed by atoms with Crippen LogP contribution in [0.1, 0.15) is 41.5 Å². The number of carbonyl (C=O) groups is 1. The molecule has 5 nitrogen and oxygen atoms in total. The molecule has 0 aromatic carbocycles. The molecule has 120 valence electrons. The molecule has 3 N–H and O–H groups in total. The van der Waals surface area contributed by atoms with Gasteiger partial charge in [-0.15, -0.1) is 24.0 Å². The number of carbonyl (C=O) groups excluding carboxylic acids is 1.